The molecule has 200 valence electrons. The van der Waals surface area contributed by atoms with Crippen LogP contribution in [0.3, 0.4) is 0 Å². The van der Waals surface area contributed by atoms with Crippen molar-refractivity contribution in [2.24, 2.45) is 0 Å². The van der Waals surface area contributed by atoms with Crippen molar-refractivity contribution in [2.75, 3.05) is 23.3 Å². The number of carbonyl (C=O) groups excluding carboxylic acids is 1. The number of hydrogen-bond acceptors (Lipinski definition) is 7. The van der Waals surface area contributed by atoms with Crippen LogP contribution in [0.25, 0.3) is 10.9 Å². The zero-order chi connectivity index (χ0) is 26.6. The summed E-state index contributed by atoms with van der Waals surface area (Å²) in [5.74, 6) is 3.04. The van der Waals surface area contributed by atoms with Gasteiger partial charge in [0.25, 0.3) is 5.91 Å². The Balaban J connectivity index is 1.16. The van der Waals surface area contributed by atoms with Gasteiger partial charge in [-0.05, 0) is 80.6 Å². The van der Waals surface area contributed by atoms with Crippen LogP contribution >= 0.6 is 0 Å². The third-order valence-electron chi connectivity index (χ3n) is 7.64. The van der Waals surface area contributed by atoms with E-state index in [4.69, 9.17) is 4.74 Å². The zero-order valence-electron chi connectivity index (χ0n) is 22.3. The minimum atomic E-state index is -0.0382. The molecule has 2 aromatic heterocycles. The van der Waals surface area contributed by atoms with Gasteiger partial charge in [0.1, 0.15) is 29.5 Å². The van der Waals surface area contributed by atoms with Gasteiger partial charge >= 0.3 is 0 Å². The first-order valence-corrected chi connectivity index (χ1v) is 13.9. The van der Waals surface area contributed by atoms with E-state index in [0.29, 0.717) is 11.3 Å². The molecule has 0 unspecified atom stereocenters. The monoisotopic (exact) mass is 522 g/mol. The number of fused-ring (bicyclic) bond motifs is 1. The van der Waals surface area contributed by atoms with Gasteiger partial charge in [0.2, 0.25) is 0 Å². The first kappa shape index (κ1) is 25.1. The highest BCUT2D eigenvalue weighted by Gasteiger charge is 2.18. The third-order valence-corrected chi connectivity index (χ3v) is 7.64. The largest absolute Gasteiger partial charge is 0.457 e. The number of anilines is 3. The second-order valence-electron chi connectivity index (χ2n) is 10.5. The number of ether oxygens (including phenoxy) is 1. The first-order valence-electron chi connectivity index (χ1n) is 13.9. The lowest BCUT2D eigenvalue weighted by atomic mass is 9.95. The molecule has 8 nitrogen and oxygen atoms in total. The summed E-state index contributed by atoms with van der Waals surface area (Å²) in [4.78, 5) is 28.6. The number of rotatable bonds is 7. The summed E-state index contributed by atoms with van der Waals surface area (Å²) in [5, 5.41) is 7.57. The highest BCUT2D eigenvalue weighted by Crippen LogP contribution is 2.31. The molecular weight excluding hydrogens is 488 g/mol. The van der Waals surface area contributed by atoms with E-state index < -0.39 is 0 Å². The second kappa shape index (κ2) is 11.3. The number of amides is 1. The average Bonchev–Trinajstić information content (AvgIpc) is 3.51. The molecule has 39 heavy (non-hydrogen) atoms. The standard InChI is InChI=1S/C31H34N6O2/c1-21-16-24(35-30-26-18-29(37-14-5-6-15-37)32-19-27(26)33-20-34-30)12-13-28(21)39-25-11-7-8-22(17-25)31(38)36-23-9-3-2-4-10-23/h7-8,11-13,16-20,23H,2-6,9-10,14-15H2,1H3,(H,36,38)(H,33,34,35). The molecule has 0 spiro atoms. The van der Waals surface area contributed by atoms with Crippen LogP contribution in [0.1, 0.15) is 60.9 Å². The number of aryl methyl sites for hydroxylation is 1. The molecule has 0 bridgehead atoms. The topological polar surface area (TPSA) is 92.3 Å². The molecule has 1 saturated carbocycles. The Hall–Kier alpha value is -4.20. The molecule has 1 saturated heterocycles. The molecule has 2 N–H and O–H groups in total. The van der Waals surface area contributed by atoms with Crippen molar-refractivity contribution in [3.63, 3.8) is 0 Å². The molecule has 1 amide bonds. The molecule has 4 aromatic rings. The molecule has 0 radical (unpaired) electrons. The minimum absolute atomic E-state index is 0.0382. The fraction of sp³-hybridized carbons (Fsp3) is 0.355. The number of pyridine rings is 1. The Bertz CT molecular complexity index is 1480. The van der Waals surface area contributed by atoms with E-state index in [1.165, 1.54) is 32.1 Å². The van der Waals surface area contributed by atoms with Crippen LogP contribution in [0.15, 0.2) is 61.1 Å². The fourth-order valence-electron chi connectivity index (χ4n) is 5.49. The van der Waals surface area contributed by atoms with Crippen LogP contribution in [-0.2, 0) is 0 Å². The normalized spacial score (nSPS) is 15.9. The second-order valence-corrected chi connectivity index (χ2v) is 10.5. The summed E-state index contributed by atoms with van der Waals surface area (Å²) in [5.41, 5.74) is 3.29. The van der Waals surface area contributed by atoms with Crippen LogP contribution < -0.4 is 20.3 Å². The molecule has 3 heterocycles. The van der Waals surface area contributed by atoms with Crippen molar-refractivity contribution in [1.82, 2.24) is 20.3 Å². The summed E-state index contributed by atoms with van der Waals surface area (Å²) in [6.45, 7) is 4.07. The molecule has 1 aliphatic heterocycles. The first-order chi connectivity index (χ1) is 19.1. The molecule has 2 aliphatic rings. The van der Waals surface area contributed by atoms with Gasteiger partial charge in [-0.1, -0.05) is 25.3 Å². The van der Waals surface area contributed by atoms with Crippen LogP contribution in [0.2, 0.25) is 0 Å². The number of aromatic nitrogens is 3. The van der Waals surface area contributed by atoms with Crippen LogP contribution in [0, 0.1) is 6.92 Å². The van der Waals surface area contributed by atoms with Gasteiger partial charge in [0.05, 0.1) is 11.7 Å². The minimum Gasteiger partial charge on any atom is -0.457 e. The smallest absolute Gasteiger partial charge is 0.251 e. The average molecular weight is 523 g/mol. The lowest BCUT2D eigenvalue weighted by Crippen LogP contribution is -2.36. The van der Waals surface area contributed by atoms with Gasteiger partial charge < -0.3 is 20.3 Å². The maximum absolute atomic E-state index is 12.8. The van der Waals surface area contributed by atoms with E-state index in [2.05, 4.69) is 36.6 Å². The highest BCUT2D eigenvalue weighted by molar-refractivity contribution is 5.95. The van der Waals surface area contributed by atoms with E-state index in [1.54, 1.807) is 6.33 Å². The SMILES string of the molecule is Cc1cc(Nc2ncnc3cnc(N4CCCC4)cc23)ccc1Oc1cccc(C(=O)NC2CCCCC2)c1. The van der Waals surface area contributed by atoms with Gasteiger partial charge in [-0.25, -0.2) is 15.0 Å². The quantitative estimate of drug-likeness (QED) is 0.285. The van der Waals surface area contributed by atoms with Gasteiger partial charge in [-0.2, -0.15) is 0 Å². The van der Waals surface area contributed by atoms with Crippen molar-refractivity contribution in [3.05, 3.63) is 72.2 Å². The van der Waals surface area contributed by atoms with Crippen LogP contribution in [0.5, 0.6) is 11.5 Å². The summed E-state index contributed by atoms with van der Waals surface area (Å²) in [6, 6.07) is 15.7. The maximum atomic E-state index is 12.8. The lowest BCUT2D eigenvalue weighted by Gasteiger charge is -2.22. The summed E-state index contributed by atoms with van der Waals surface area (Å²) in [6.07, 6.45) is 11.5. The molecule has 2 aromatic carbocycles. The van der Waals surface area contributed by atoms with Gasteiger partial charge in [-0.3, -0.25) is 4.79 Å². The maximum Gasteiger partial charge on any atom is 0.251 e. The van der Waals surface area contributed by atoms with E-state index in [9.17, 15) is 4.79 Å². The molecule has 2 fully saturated rings. The number of carbonyl (C=O) groups is 1. The van der Waals surface area contributed by atoms with Crippen molar-refractivity contribution in [2.45, 2.75) is 57.9 Å². The summed E-state index contributed by atoms with van der Waals surface area (Å²) >= 11 is 0. The Labute approximate surface area is 228 Å². The predicted octanol–water partition coefficient (Wildman–Crippen LogP) is 6.53. The van der Waals surface area contributed by atoms with Crippen molar-refractivity contribution >= 4 is 34.1 Å². The van der Waals surface area contributed by atoms with Gasteiger partial charge in [0.15, 0.2) is 0 Å². The Morgan fingerprint density at radius 2 is 1.79 bits per heavy atom. The number of nitrogens with one attached hydrogen (secondary N) is 2. The van der Waals surface area contributed by atoms with Crippen molar-refractivity contribution in [3.8, 4) is 11.5 Å². The van der Waals surface area contributed by atoms with E-state index >= 15 is 0 Å². The summed E-state index contributed by atoms with van der Waals surface area (Å²) in [7, 11) is 0. The van der Waals surface area contributed by atoms with Gasteiger partial charge in [0, 0.05) is 35.8 Å². The Kier molecular flexibility index (Phi) is 7.25. The number of nitrogens with zero attached hydrogens (tertiary/aromatic N) is 4. The Morgan fingerprint density at radius 1 is 0.949 bits per heavy atom. The summed E-state index contributed by atoms with van der Waals surface area (Å²) < 4.78 is 6.19. The fourth-order valence-corrected chi connectivity index (χ4v) is 5.49. The third kappa shape index (κ3) is 5.79. The van der Waals surface area contributed by atoms with Gasteiger partial charge in [-0.15, -0.1) is 0 Å². The van der Waals surface area contributed by atoms with Crippen molar-refractivity contribution in [1.29, 1.82) is 0 Å². The predicted molar refractivity (Wildman–Crippen MR) is 154 cm³/mol. The van der Waals surface area contributed by atoms with Crippen molar-refractivity contribution < 1.29 is 9.53 Å². The van der Waals surface area contributed by atoms with Crippen LogP contribution in [-0.4, -0.2) is 40.0 Å². The molecule has 6 rings (SSSR count). The molecular formula is C31H34N6O2. The van der Waals surface area contributed by atoms with E-state index in [-0.39, 0.29) is 11.9 Å². The molecule has 8 heteroatoms. The zero-order valence-corrected chi connectivity index (χ0v) is 22.3. The number of hydrogen-bond donors (Lipinski definition) is 2. The van der Waals surface area contributed by atoms with Crippen LogP contribution in [0.4, 0.5) is 17.3 Å². The molecule has 1 aliphatic carbocycles. The number of benzene rings is 2. The Morgan fingerprint density at radius 3 is 2.62 bits per heavy atom. The molecule has 0 atom stereocenters. The van der Waals surface area contributed by atoms with E-state index in [1.807, 2.05) is 55.6 Å². The highest BCUT2D eigenvalue weighted by atomic mass is 16.5. The van der Waals surface area contributed by atoms with E-state index in [0.717, 1.165) is 65.5 Å². The lowest BCUT2D eigenvalue weighted by molar-refractivity contribution is 0.0927.